The van der Waals surface area contributed by atoms with Crippen LogP contribution in [0.1, 0.15) is 32.6 Å². The Balaban J connectivity index is 1.58. The van der Waals surface area contributed by atoms with Gasteiger partial charge >= 0.3 is 0 Å². The van der Waals surface area contributed by atoms with Crippen LogP contribution in [-0.4, -0.2) is 32.9 Å². The minimum Gasteiger partial charge on any atom is -0.381 e. The van der Waals surface area contributed by atoms with Crippen molar-refractivity contribution in [1.82, 2.24) is 0 Å². The standard InChI is InChI=1S/C17H23NO3S/c1-2-22(19,20)13-6-3-5-12(11-13)18-15-14-7-10-21-16(14)17(15)8-4-9-17/h3,5-6,11,14-16,18H,2,4,7-10H2,1H3/t14-,15+,16-/m0/s1. The van der Waals surface area contributed by atoms with Crippen molar-refractivity contribution in [3.8, 4) is 0 Å². The highest BCUT2D eigenvalue weighted by Gasteiger charge is 2.66. The first-order valence-electron chi connectivity index (χ1n) is 8.28. The molecular weight excluding hydrogens is 298 g/mol. The van der Waals surface area contributed by atoms with Crippen LogP contribution < -0.4 is 5.32 Å². The average Bonchev–Trinajstić information content (AvgIpc) is 2.89. The molecule has 0 amide bonds. The van der Waals surface area contributed by atoms with E-state index in [-0.39, 0.29) is 5.75 Å². The average molecular weight is 321 g/mol. The summed E-state index contributed by atoms with van der Waals surface area (Å²) >= 11 is 0. The molecule has 1 N–H and O–H groups in total. The van der Waals surface area contributed by atoms with Gasteiger partial charge in [0, 0.05) is 29.7 Å². The molecule has 0 aromatic heterocycles. The number of ether oxygens (including phenoxy) is 1. The SMILES string of the molecule is CCS(=O)(=O)c1cccc(N[C@@H]2[C@@H]3CCO[C@@H]3C23CCC3)c1. The number of nitrogens with one attached hydrogen (secondary N) is 1. The Bertz CT molecular complexity index is 681. The molecule has 3 fully saturated rings. The fourth-order valence-electron chi connectivity index (χ4n) is 4.58. The van der Waals surface area contributed by atoms with Gasteiger partial charge in [0.05, 0.1) is 16.8 Å². The molecule has 4 nitrogen and oxygen atoms in total. The topological polar surface area (TPSA) is 55.4 Å². The second kappa shape index (κ2) is 4.96. The van der Waals surface area contributed by atoms with E-state index in [1.807, 2.05) is 12.1 Å². The lowest BCUT2D eigenvalue weighted by Gasteiger charge is -2.63. The van der Waals surface area contributed by atoms with Gasteiger partial charge < -0.3 is 10.1 Å². The number of benzene rings is 1. The van der Waals surface area contributed by atoms with E-state index in [0.29, 0.717) is 28.4 Å². The first-order chi connectivity index (χ1) is 10.6. The van der Waals surface area contributed by atoms with Crippen molar-refractivity contribution in [2.45, 2.75) is 49.6 Å². The number of rotatable bonds is 4. The molecule has 4 rings (SSSR count). The summed E-state index contributed by atoms with van der Waals surface area (Å²) in [6.45, 7) is 2.56. The van der Waals surface area contributed by atoms with Crippen LogP contribution in [-0.2, 0) is 14.6 Å². The van der Waals surface area contributed by atoms with Gasteiger partial charge in [0.2, 0.25) is 0 Å². The Morgan fingerprint density at radius 1 is 1.36 bits per heavy atom. The molecule has 3 atom stereocenters. The van der Waals surface area contributed by atoms with E-state index in [1.54, 1.807) is 19.1 Å². The van der Waals surface area contributed by atoms with Crippen molar-refractivity contribution in [2.75, 3.05) is 17.7 Å². The highest BCUT2D eigenvalue weighted by Crippen LogP contribution is 2.63. The molecule has 120 valence electrons. The van der Waals surface area contributed by atoms with E-state index in [4.69, 9.17) is 4.74 Å². The Morgan fingerprint density at radius 2 is 2.18 bits per heavy atom. The Kier molecular flexibility index (Phi) is 3.28. The van der Waals surface area contributed by atoms with Crippen LogP contribution in [0.15, 0.2) is 29.2 Å². The summed E-state index contributed by atoms with van der Waals surface area (Å²) in [6, 6.07) is 7.72. The molecule has 1 aromatic rings. The summed E-state index contributed by atoms with van der Waals surface area (Å²) in [4.78, 5) is 0.418. The van der Waals surface area contributed by atoms with E-state index >= 15 is 0 Å². The lowest BCUT2D eigenvalue weighted by atomic mass is 9.46. The molecule has 0 radical (unpaired) electrons. The zero-order valence-electron chi connectivity index (χ0n) is 12.9. The zero-order valence-corrected chi connectivity index (χ0v) is 13.7. The van der Waals surface area contributed by atoms with Gasteiger partial charge in [-0.15, -0.1) is 0 Å². The van der Waals surface area contributed by atoms with Crippen molar-refractivity contribution in [3.63, 3.8) is 0 Å². The maximum absolute atomic E-state index is 12.1. The van der Waals surface area contributed by atoms with Crippen LogP contribution in [0.3, 0.4) is 0 Å². The molecule has 1 heterocycles. The lowest BCUT2D eigenvalue weighted by Crippen LogP contribution is -2.68. The van der Waals surface area contributed by atoms with Gasteiger partial charge in [-0.3, -0.25) is 0 Å². The summed E-state index contributed by atoms with van der Waals surface area (Å²) in [5.74, 6) is 0.731. The summed E-state index contributed by atoms with van der Waals surface area (Å²) in [5, 5.41) is 3.63. The number of sulfone groups is 1. The molecule has 1 aromatic carbocycles. The van der Waals surface area contributed by atoms with E-state index in [0.717, 1.165) is 18.7 Å². The summed E-state index contributed by atoms with van der Waals surface area (Å²) < 4.78 is 30.0. The predicted molar refractivity (Wildman–Crippen MR) is 85.7 cm³/mol. The minimum atomic E-state index is -3.15. The first kappa shape index (κ1) is 14.5. The number of anilines is 1. The normalized spacial score (nSPS) is 32.1. The third-order valence-electron chi connectivity index (χ3n) is 5.93. The summed E-state index contributed by atoms with van der Waals surface area (Å²) in [7, 11) is -3.15. The molecule has 3 aliphatic rings. The molecule has 0 unspecified atom stereocenters. The molecule has 22 heavy (non-hydrogen) atoms. The van der Waals surface area contributed by atoms with E-state index < -0.39 is 9.84 Å². The van der Waals surface area contributed by atoms with Crippen LogP contribution in [0, 0.1) is 11.3 Å². The molecule has 2 aliphatic carbocycles. The van der Waals surface area contributed by atoms with Gasteiger partial charge in [0.15, 0.2) is 9.84 Å². The first-order valence-corrected chi connectivity index (χ1v) is 9.93. The van der Waals surface area contributed by atoms with Gasteiger partial charge in [-0.2, -0.15) is 0 Å². The number of hydrogen-bond acceptors (Lipinski definition) is 4. The van der Waals surface area contributed by atoms with Gasteiger partial charge in [-0.25, -0.2) is 8.42 Å². The molecule has 2 saturated carbocycles. The Hall–Kier alpha value is -1.07. The molecule has 1 saturated heterocycles. The van der Waals surface area contributed by atoms with Crippen molar-refractivity contribution in [2.24, 2.45) is 11.3 Å². The van der Waals surface area contributed by atoms with Gasteiger partial charge in [0.1, 0.15) is 0 Å². The van der Waals surface area contributed by atoms with E-state index in [1.165, 1.54) is 19.3 Å². The molecule has 1 spiro atoms. The van der Waals surface area contributed by atoms with Crippen molar-refractivity contribution in [3.05, 3.63) is 24.3 Å². The maximum Gasteiger partial charge on any atom is 0.178 e. The van der Waals surface area contributed by atoms with E-state index in [9.17, 15) is 8.42 Å². The van der Waals surface area contributed by atoms with Crippen LogP contribution in [0.25, 0.3) is 0 Å². The molecular formula is C17H23NO3S. The molecule has 5 heteroatoms. The lowest BCUT2D eigenvalue weighted by molar-refractivity contribution is -0.158. The van der Waals surface area contributed by atoms with Crippen LogP contribution in [0.4, 0.5) is 5.69 Å². The predicted octanol–water partition coefficient (Wildman–Crippen LogP) is 2.85. The third-order valence-corrected chi connectivity index (χ3v) is 7.66. The highest BCUT2D eigenvalue weighted by molar-refractivity contribution is 7.91. The summed E-state index contributed by atoms with van der Waals surface area (Å²) in [6.07, 6.45) is 5.31. The Labute approximate surface area is 132 Å². The fourth-order valence-corrected chi connectivity index (χ4v) is 5.51. The van der Waals surface area contributed by atoms with Gasteiger partial charge in [-0.1, -0.05) is 19.4 Å². The van der Waals surface area contributed by atoms with Gasteiger partial charge in [-0.05, 0) is 37.5 Å². The van der Waals surface area contributed by atoms with Crippen molar-refractivity contribution in [1.29, 1.82) is 0 Å². The monoisotopic (exact) mass is 321 g/mol. The van der Waals surface area contributed by atoms with Crippen molar-refractivity contribution >= 4 is 15.5 Å². The Morgan fingerprint density at radius 3 is 2.86 bits per heavy atom. The zero-order chi connectivity index (χ0) is 15.4. The summed E-state index contributed by atoms with van der Waals surface area (Å²) in [5.41, 5.74) is 1.23. The molecule has 1 aliphatic heterocycles. The highest BCUT2D eigenvalue weighted by atomic mass is 32.2. The van der Waals surface area contributed by atoms with Crippen LogP contribution >= 0.6 is 0 Å². The van der Waals surface area contributed by atoms with E-state index in [2.05, 4.69) is 5.32 Å². The maximum atomic E-state index is 12.1. The van der Waals surface area contributed by atoms with Crippen LogP contribution in [0.2, 0.25) is 0 Å². The van der Waals surface area contributed by atoms with Crippen molar-refractivity contribution < 1.29 is 13.2 Å². The fraction of sp³-hybridized carbons (Fsp3) is 0.647. The molecule has 0 bridgehead atoms. The quantitative estimate of drug-likeness (QED) is 0.926. The number of hydrogen-bond donors (Lipinski definition) is 1. The largest absolute Gasteiger partial charge is 0.381 e. The second-order valence-electron chi connectivity index (χ2n) is 6.88. The third kappa shape index (κ3) is 1.95. The van der Waals surface area contributed by atoms with Crippen LogP contribution in [0.5, 0.6) is 0 Å². The minimum absolute atomic E-state index is 0.141. The number of fused-ring (bicyclic) bond motifs is 2. The van der Waals surface area contributed by atoms with Gasteiger partial charge in [0.25, 0.3) is 0 Å². The smallest absolute Gasteiger partial charge is 0.178 e. The second-order valence-corrected chi connectivity index (χ2v) is 9.16.